The normalized spacial score (nSPS) is 20.1. The standard InChI is InChI=1S/C13H21N3O2S/c1-13(2)6-4-9-16(10-7-13)12-11(19(14,17)18)5-3-8-15-12/h3,5,8H,4,6-7,9-10H2,1-2H3,(H2,14,17,18). The highest BCUT2D eigenvalue weighted by Crippen LogP contribution is 2.32. The molecule has 0 saturated carbocycles. The van der Waals surface area contributed by atoms with E-state index in [1.807, 2.05) is 4.90 Å². The van der Waals surface area contributed by atoms with Gasteiger partial charge in [-0.15, -0.1) is 0 Å². The van der Waals surface area contributed by atoms with Gasteiger partial charge >= 0.3 is 0 Å². The summed E-state index contributed by atoms with van der Waals surface area (Å²) in [7, 11) is -3.73. The lowest BCUT2D eigenvalue weighted by Gasteiger charge is -2.25. The number of rotatable bonds is 2. The van der Waals surface area contributed by atoms with Crippen LogP contribution in [0, 0.1) is 5.41 Å². The van der Waals surface area contributed by atoms with E-state index in [-0.39, 0.29) is 4.90 Å². The van der Waals surface area contributed by atoms with Crippen LogP contribution in [0.25, 0.3) is 0 Å². The largest absolute Gasteiger partial charge is 0.355 e. The minimum Gasteiger partial charge on any atom is -0.355 e. The predicted octanol–water partition coefficient (Wildman–Crippen LogP) is 1.75. The molecule has 5 nitrogen and oxygen atoms in total. The summed E-state index contributed by atoms with van der Waals surface area (Å²) in [5.41, 5.74) is 0.297. The Morgan fingerprint density at radius 1 is 1.32 bits per heavy atom. The maximum atomic E-state index is 11.6. The summed E-state index contributed by atoms with van der Waals surface area (Å²) >= 11 is 0. The molecule has 0 radical (unpaired) electrons. The smallest absolute Gasteiger partial charge is 0.241 e. The zero-order chi connectivity index (χ0) is 14.1. The van der Waals surface area contributed by atoms with Crippen molar-refractivity contribution in [2.75, 3.05) is 18.0 Å². The Kier molecular flexibility index (Phi) is 3.82. The number of nitrogens with two attached hydrogens (primary N) is 1. The third kappa shape index (κ3) is 3.45. The van der Waals surface area contributed by atoms with Crippen molar-refractivity contribution in [2.24, 2.45) is 10.6 Å². The zero-order valence-electron chi connectivity index (χ0n) is 11.5. The first-order chi connectivity index (χ1) is 8.80. The Balaban J connectivity index is 2.32. The van der Waals surface area contributed by atoms with Gasteiger partial charge in [0.2, 0.25) is 10.0 Å². The van der Waals surface area contributed by atoms with E-state index < -0.39 is 10.0 Å². The van der Waals surface area contributed by atoms with E-state index in [0.717, 1.165) is 32.4 Å². The highest BCUT2D eigenvalue weighted by atomic mass is 32.2. The summed E-state index contributed by atoms with van der Waals surface area (Å²) in [5, 5.41) is 5.26. The van der Waals surface area contributed by atoms with E-state index in [2.05, 4.69) is 18.8 Å². The Bertz CT molecular complexity index is 555. The second-order valence-corrected chi connectivity index (χ2v) is 7.40. The molecule has 0 spiro atoms. The number of sulfonamides is 1. The molecule has 19 heavy (non-hydrogen) atoms. The van der Waals surface area contributed by atoms with Gasteiger partial charge in [0, 0.05) is 19.3 Å². The number of nitrogens with zero attached hydrogens (tertiary/aromatic N) is 2. The lowest BCUT2D eigenvalue weighted by atomic mass is 9.85. The van der Waals surface area contributed by atoms with Crippen molar-refractivity contribution < 1.29 is 8.42 Å². The van der Waals surface area contributed by atoms with Crippen molar-refractivity contribution in [1.29, 1.82) is 0 Å². The number of aromatic nitrogens is 1. The van der Waals surface area contributed by atoms with Crippen LogP contribution >= 0.6 is 0 Å². The summed E-state index contributed by atoms with van der Waals surface area (Å²) in [6.45, 7) is 6.13. The monoisotopic (exact) mass is 283 g/mol. The Morgan fingerprint density at radius 3 is 2.74 bits per heavy atom. The van der Waals surface area contributed by atoms with Crippen molar-refractivity contribution in [3.05, 3.63) is 18.3 Å². The van der Waals surface area contributed by atoms with Crippen molar-refractivity contribution in [2.45, 2.75) is 38.0 Å². The van der Waals surface area contributed by atoms with Gasteiger partial charge in [-0.1, -0.05) is 13.8 Å². The van der Waals surface area contributed by atoms with Crippen LogP contribution in [-0.2, 0) is 10.0 Å². The van der Waals surface area contributed by atoms with Crippen LogP contribution in [0.15, 0.2) is 23.2 Å². The van der Waals surface area contributed by atoms with Gasteiger partial charge in [0.15, 0.2) is 0 Å². The second-order valence-electron chi connectivity index (χ2n) is 5.87. The van der Waals surface area contributed by atoms with Gasteiger partial charge in [-0.2, -0.15) is 0 Å². The molecular weight excluding hydrogens is 262 g/mol. The average Bonchev–Trinajstić information content (AvgIpc) is 2.49. The maximum Gasteiger partial charge on any atom is 0.241 e. The summed E-state index contributed by atoms with van der Waals surface area (Å²) in [4.78, 5) is 6.38. The van der Waals surface area contributed by atoms with Crippen LogP contribution < -0.4 is 10.0 Å². The van der Waals surface area contributed by atoms with Crippen LogP contribution in [0.2, 0.25) is 0 Å². The highest BCUT2D eigenvalue weighted by Gasteiger charge is 2.26. The number of hydrogen-bond donors (Lipinski definition) is 1. The molecule has 1 saturated heterocycles. The lowest BCUT2D eigenvalue weighted by molar-refractivity contribution is 0.325. The first kappa shape index (κ1) is 14.3. The van der Waals surface area contributed by atoms with Crippen LogP contribution in [0.4, 0.5) is 5.82 Å². The first-order valence-corrected chi connectivity index (χ1v) is 8.07. The van der Waals surface area contributed by atoms with Crippen molar-refractivity contribution in [3.8, 4) is 0 Å². The molecule has 0 unspecified atom stereocenters. The summed E-state index contributed by atoms with van der Waals surface area (Å²) in [6.07, 6.45) is 4.81. The fourth-order valence-electron chi connectivity index (χ4n) is 2.48. The minimum atomic E-state index is -3.73. The number of pyridine rings is 1. The minimum absolute atomic E-state index is 0.120. The molecule has 6 heteroatoms. The Morgan fingerprint density at radius 2 is 2.05 bits per heavy atom. The van der Waals surface area contributed by atoms with Gasteiger partial charge in [0.05, 0.1) is 0 Å². The predicted molar refractivity (Wildman–Crippen MR) is 75.5 cm³/mol. The van der Waals surface area contributed by atoms with E-state index in [0.29, 0.717) is 11.2 Å². The van der Waals surface area contributed by atoms with E-state index in [9.17, 15) is 8.42 Å². The van der Waals surface area contributed by atoms with Gasteiger partial charge in [-0.05, 0) is 36.8 Å². The van der Waals surface area contributed by atoms with Gasteiger partial charge in [0.1, 0.15) is 10.7 Å². The quantitative estimate of drug-likeness (QED) is 0.897. The van der Waals surface area contributed by atoms with Crippen molar-refractivity contribution in [1.82, 2.24) is 4.98 Å². The molecule has 1 aromatic heterocycles. The second kappa shape index (κ2) is 5.09. The zero-order valence-corrected chi connectivity index (χ0v) is 12.3. The SMILES string of the molecule is CC1(C)CCCN(c2ncccc2S(N)(=O)=O)CC1. The average molecular weight is 283 g/mol. The Hall–Kier alpha value is -1.14. The molecule has 0 aromatic carbocycles. The molecule has 1 fully saturated rings. The molecule has 2 rings (SSSR count). The topological polar surface area (TPSA) is 76.3 Å². The van der Waals surface area contributed by atoms with E-state index in [1.165, 1.54) is 6.07 Å². The van der Waals surface area contributed by atoms with Crippen LogP contribution in [0.5, 0.6) is 0 Å². The van der Waals surface area contributed by atoms with Crippen LogP contribution in [0.3, 0.4) is 0 Å². The molecule has 106 valence electrons. The van der Waals surface area contributed by atoms with Gasteiger partial charge in [0.25, 0.3) is 0 Å². The molecule has 1 aliphatic rings. The van der Waals surface area contributed by atoms with Crippen molar-refractivity contribution in [3.63, 3.8) is 0 Å². The van der Waals surface area contributed by atoms with Gasteiger partial charge in [-0.3, -0.25) is 0 Å². The summed E-state index contributed by atoms with van der Waals surface area (Å²) in [6, 6.07) is 3.12. The lowest BCUT2D eigenvalue weighted by Crippen LogP contribution is -2.28. The molecule has 2 heterocycles. The number of anilines is 1. The molecule has 2 N–H and O–H groups in total. The summed E-state index contributed by atoms with van der Waals surface area (Å²) in [5.74, 6) is 0.489. The van der Waals surface area contributed by atoms with Crippen molar-refractivity contribution >= 4 is 15.8 Å². The van der Waals surface area contributed by atoms with Gasteiger partial charge in [-0.25, -0.2) is 18.5 Å². The molecule has 0 amide bonds. The number of primary sulfonamides is 1. The maximum absolute atomic E-state index is 11.6. The molecule has 0 atom stereocenters. The first-order valence-electron chi connectivity index (χ1n) is 6.52. The van der Waals surface area contributed by atoms with Gasteiger partial charge < -0.3 is 4.90 Å². The third-order valence-electron chi connectivity index (χ3n) is 3.70. The fourth-order valence-corrected chi connectivity index (χ4v) is 3.18. The number of hydrogen-bond acceptors (Lipinski definition) is 4. The van der Waals surface area contributed by atoms with E-state index >= 15 is 0 Å². The molecular formula is C13H21N3O2S. The summed E-state index contributed by atoms with van der Waals surface area (Å²) < 4.78 is 23.2. The van der Waals surface area contributed by atoms with Crippen LogP contribution in [-0.4, -0.2) is 26.5 Å². The Labute approximate surface area is 114 Å². The molecule has 0 bridgehead atoms. The molecule has 0 aliphatic carbocycles. The fraction of sp³-hybridized carbons (Fsp3) is 0.615. The third-order valence-corrected chi connectivity index (χ3v) is 4.63. The molecule has 1 aliphatic heterocycles. The molecule has 1 aromatic rings. The van der Waals surface area contributed by atoms with E-state index in [1.54, 1.807) is 12.3 Å². The van der Waals surface area contributed by atoms with E-state index in [4.69, 9.17) is 5.14 Å². The highest BCUT2D eigenvalue weighted by molar-refractivity contribution is 7.89. The van der Waals surface area contributed by atoms with Crippen LogP contribution in [0.1, 0.15) is 33.1 Å².